The lowest BCUT2D eigenvalue weighted by Crippen LogP contribution is -2.18. The number of carbonyl (C=O) groups is 1. The molecule has 0 saturated heterocycles. The normalized spacial score (nSPS) is 15.1. The zero-order chi connectivity index (χ0) is 11.0. The van der Waals surface area contributed by atoms with Gasteiger partial charge in [0.05, 0.1) is 12.7 Å². The molecule has 0 radical (unpaired) electrons. The standard InChI is InChI=1S/C9H9BrN2O3/c1-15-9(14)5-2-3-12-6(8(5)13)4-7(10)11-12/h4,13H,2-3H2,1H3. The van der Waals surface area contributed by atoms with Crippen LogP contribution in [0.5, 0.6) is 0 Å². The molecule has 0 bridgehead atoms. The summed E-state index contributed by atoms with van der Waals surface area (Å²) in [5, 5.41) is 13.9. The number of ether oxygens (including phenoxy) is 1. The summed E-state index contributed by atoms with van der Waals surface area (Å²) < 4.78 is 6.86. The summed E-state index contributed by atoms with van der Waals surface area (Å²) in [7, 11) is 1.30. The molecule has 2 heterocycles. The zero-order valence-electron chi connectivity index (χ0n) is 8.03. The molecule has 0 amide bonds. The van der Waals surface area contributed by atoms with E-state index in [4.69, 9.17) is 0 Å². The van der Waals surface area contributed by atoms with Crippen molar-refractivity contribution in [3.63, 3.8) is 0 Å². The Bertz CT molecular complexity index is 450. The first-order chi connectivity index (χ1) is 7.13. The smallest absolute Gasteiger partial charge is 0.337 e. The fourth-order valence-electron chi connectivity index (χ4n) is 1.56. The van der Waals surface area contributed by atoms with Crippen LogP contribution in [0.3, 0.4) is 0 Å². The first kappa shape index (κ1) is 10.2. The molecule has 0 saturated carbocycles. The van der Waals surface area contributed by atoms with Crippen molar-refractivity contribution in [1.29, 1.82) is 0 Å². The van der Waals surface area contributed by atoms with E-state index in [9.17, 15) is 9.90 Å². The van der Waals surface area contributed by atoms with E-state index in [1.165, 1.54) is 7.11 Å². The third-order valence-corrected chi connectivity index (χ3v) is 2.67. The number of methoxy groups -OCH3 is 1. The van der Waals surface area contributed by atoms with Gasteiger partial charge in [-0.25, -0.2) is 4.79 Å². The second kappa shape index (κ2) is 3.69. The molecule has 0 fully saturated rings. The van der Waals surface area contributed by atoms with Crippen molar-refractivity contribution in [3.8, 4) is 0 Å². The number of aliphatic hydroxyl groups is 1. The maximum absolute atomic E-state index is 11.3. The van der Waals surface area contributed by atoms with E-state index in [0.29, 0.717) is 28.8 Å². The molecule has 1 aromatic rings. The second-order valence-electron chi connectivity index (χ2n) is 3.14. The van der Waals surface area contributed by atoms with Gasteiger partial charge in [0.2, 0.25) is 0 Å². The van der Waals surface area contributed by atoms with E-state index < -0.39 is 5.97 Å². The van der Waals surface area contributed by atoms with Crippen molar-refractivity contribution in [2.75, 3.05) is 7.11 Å². The van der Waals surface area contributed by atoms with E-state index in [-0.39, 0.29) is 5.76 Å². The molecule has 2 rings (SSSR count). The van der Waals surface area contributed by atoms with Crippen molar-refractivity contribution >= 4 is 27.7 Å². The van der Waals surface area contributed by atoms with Crippen LogP contribution in [-0.2, 0) is 16.1 Å². The van der Waals surface area contributed by atoms with Crippen molar-refractivity contribution in [3.05, 3.63) is 21.9 Å². The Labute approximate surface area is 94.5 Å². The Morgan fingerprint density at radius 3 is 3.13 bits per heavy atom. The van der Waals surface area contributed by atoms with Crippen LogP contribution in [-0.4, -0.2) is 28.0 Å². The van der Waals surface area contributed by atoms with Crippen LogP contribution in [0.2, 0.25) is 0 Å². The van der Waals surface area contributed by atoms with Crippen LogP contribution < -0.4 is 0 Å². The quantitative estimate of drug-likeness (QED) is 0.787. The van der Waals surface area contributed by atoms with Gasteiger partial charge < -0.3 is 9.84 Å². The van der Waals surface area contributed by atoms with Gasteiger partial charge in [0, 0.05) is 19.0 Å². The van der Waals surface area contributed by atoms with Crippen LogP contribution in [0.25, 0.3) is 5.76 Å². The molecule has 0 spiro atoms. The first-order valence-corrected chi connectivity index (χ1v) is 5.17. The molecule has 0 aromatic carbocycles. The molecule has 0 atom stereocenters. The third-order valence-electron chi connectivity index (χ3n) is 2.28. The fraction of sp³-hybridized carbons (Fsp3) is 0.333. The first-order valence-electron chi connectivity index (χ1n) is 4.37. The average molecular weight is 273 g/mol. The van der Waals surface area contributed by atoms with E-state index in [2.05, 4.69) is 25.8 Å². The lowest BCUT2D eigenvalue weighted by molar-refractivity contribution is -0.136. The van der Waals surface area contributed by atoms with Gasteiger partial charge in [-0.3, -0.25) is 4.68 Å². The van der Waals surface area contributed by atoms with Crippen LogP contribution in [0.1, 0.15) is 12.1 Å². The lowest BCUT2D eigenvalue weighted by atomic mass is 10.1. The number of aliphatic hydroxyl groups excluding tert-OH is 1. The summed E-state index contributed by atoms with van der Waals surface area (Å²) in [6.45, 7) is 0.565. The Balaban J connectivity index is 2.48. The highest BCUT2D eigenvalue weighted by Crippen LogP contribution is 2.27. The third kappa shape index (κ3) is 1.65. The minimum atomic E-state index is -0.490. The average Bonchev–Trinajstić information content (AvgIpc) is 2.59. The van der Waals surface area contributed by atoms with Gasteiger partial charge in [0.1, 0.15) is 10.3 Å². The Morgan fingerprint density at radius 2 is 2.47 bits per heavy atom. The highest BCUT2D eigenvalue weighted by molar-refractivity contribution is 9.10. The summed E-state index contributed by atoms with van der Waals surface area (Å²) in [5.41, 5.74) is 0.839. The molecule has 1 aromatic heterocycles. The largest absolute Gasteiger partial charge is 0.505 e. The number of aryl methyl sites for hydroxylation is 1. The van der Waals surface area contributed by atoms with Crippen molar-refractivity contribution in [1.82, 2.24) is 9.78 Å². The Hall–Kier alpha value is -1.30. The second-order valence-corrected chi connectivity index (χ2v) is 3.96. The number of esters is 1. The summed E-state index contributed by atoms with van der Waals surface area (Å²) in [5.74, 6) is -0.539. The number of nitrogens with zero attached hydrogens (tertiary/aromatic N) is 2. The number of hydrogen-bond donors (Lipinski definition) is 1. The molecule has 0 aliphatic carbocycles. The predicted molar refractivity (Wildman–Crippen MR) is 56.1 cm³/mol. The number of fused-ring (bicyclic) bond motifs is 1. The van der Waals surface area contributed by atoms with Crippen molar-refractivity contribution in [2.45, 2.75) is 13.0 Å². The molecule has 5 nitrogen and oxygen atoms in total. The molecule has 1 aliphatic heterocycles. The van der Waals surface area contributed by atoms with Crippen molar-refractivity contribution in [2.24, 2.45) is 0 Å². The Kier molecular flexibility index (Phi) is 2.52. The summed E-state index contributed by atoms with van der Waals surface area (Å²) in [4.78, 5) is 11.3. The van der Waals surface area contributed by atoms with Gasteiger partial charge in [0.25, 0.3) is 0 Å². The SMILES string of the molecule is COC(=O)C1=C(O)c2cc(Br)nn2CC1. The minimum Gasteiger partial charge on any atom is -0.505 e. The van der Waals surface area contributed by atoms with Gasteiger partial charge in [0.15, 0.2) is 5.76 Å². The maximum atomic E-state index is 11.3. The van der Waals surface area contributed by atoms with Gasteiger partial charge in [-0.15, -0.1) is 0 Å². The van der Waals surface area contributed by atoms with Crippen LogP contribution >= 0.6 is 15.9 Å². The number of hydrogen-bond acceptors (Lipinski definition) is 4. The Morgan fingerprint density at radius 1 is 1.73 bits per heavy atom. The maximum Gasteiger partial charge on any atom is 0.337 e. The fourth-order valence-corrected chi connectivity index (χ4v) is 1.97. The van der Waals surface area contributed by atoms with E-state index in [0.717, 1.165) is 0 Å². The van der Waals surface area contributed by atoms with Crippen LogP contribution in [0.4, 0.5) is 0 Å². The molecule has 15 heavy (non-hydrogen) atoms. The monoisotopic (exact) mass is 272 g/mol. The predicted octanol–water partition coefficient (Wildman–Crippen LogP) is 1.49. The van der Waals surface area contributed by atoms with E-state index >= 15 is 0 Å². The lowest BCUT2D eigenvalue weighted by Gasteiger charge is -2.16. The van der Waals surface area contributed by atoms with Gasteiger partial charge in [-0.05, 0) is 15.9 Å². The number of carbonyl (C=O) groups excluding carboxylic acids is 1. The molecular formula is C9H9BrN2O3. The van der Waals surface area contributed by atoms with E-state index in [1.807, 2.05) is 0 Å². The molecule has 6 heteroatoms. The minimum absolute atomic E-state index is 0.0497. The zero-order valence-corrected chi connectivity index (χ0v) is 9.61. The number of rotatable bonds is 1. The number of halogens is 1. The van der Waals surface area contributed by atoms with Gasteiger partial charge in [-0.2, -0.15) is 5.10 Å². The highest BCUT2D eigenvalue weighted by atomic mass is 79.9. The van der Waals surface area contributed by atoms with Gasteiger partial charge >= 0.3 is 5.97 Å². The van der Waals surface area contributed by atoms with Gasteiger partial charge in [-0.1, -0.05) is 0 Å². The molecule has 0 unspecified atom stereocenters. The topological polar surface area (TPSA) is 64.3 Å². The molecular weight excluding hydrogens is 264 g/mol. The molecule has 1 N–H and O–H groups in total. The summed E-state index contributed by atoms with van der Waals surface area (Å²) in [6, 6.07) is 1.66. The van der Waals surface area contributed by atoms with Crippen molar-refractivity contribution < 1.29 is 14.6 Å². The summed E-state index contributed by atoms with van der Waals surface area (Å²) >= 11 is 3.21. The van der Waals surface area contributed by atoms with Crippen LogP contribution in [0, 0.1) is 0 Å². The summed E-state index contributed by atoms with van der Waals surface area (Å²) in [6.07, 6.45) is 0.430. The number of aromatic nitrogens is 2. The molecule has 1 aliphatic rings. The van der Waals surface area contributed by atoms with Crippen LogP contribution in [0.15, 0.2) is 16.2 Å². The molecule has 80 valence electrons. The highest BCUT2D eigenvalue weighted by Gasteiger charge is 2.25. The van der Waals surface area contributed by atoms with E-state index in [1.54, 1.807) is 10.7 Å².